The van der Waals surface area contributed by atoms with Crippen molar-refractivity contribution in [2.45, 2.75) is 12.8 Å². The van der Waals surface area contributed by atoms with Crippen LogP contribution in [0.3, 0.4) is 0 Å². The van der Waals surface area contributed by atoms with Crippen molar-refractivity contribution in [3.05, 3.63) is 45.8 Å². The molecule has 0 saturated carbocycles. The average Bonchev–Trinajstić information content (AvgIpc) is 2.26. The molecule has 5 heteroatoms. The molecule has 16 heavy (non-hydrogen) atoms. The molecule has 0 heterocycles. The Morgan fingerprint density at radius 3 is 2.62 bits per heavy atom. The molecule has 0 saturated heterocycles. The van der Waals surface area contributed by atoms with Gasteiger partial charge in [-0.25, -0.2) is 4.39 Å². The van der Waals surface area contributed by atoms with E-state index in [-0.39, 0.29) is 5.56 Å². The normalized spacial score (nSPS) is 14.1. The summed E-state index contributed by atoms with van der Waals surface area (Å²) in [4.78, 5) is 20.6. The third-order valence-corrected chi connectivity index (χ3v) is 2.50. The number of benzene rings is 1. The highest BCUT2D eigenvalue weighted by Gasteiger charge is 2.26. The van der Waals surface area contributed by atoms with Gasteiger partial charge in [0.25, 0.3) is 0 Å². The maximum absolute atomic E-state index is 13.4. The topological polar surface area (TPSA) is 60.2 Å². The van der Waals surface area contributed by atoms with E-state index in [1.807, 2.05) is 0 Å². The Bertz CT molecular complexity index is 395. The third-order valence-electron chi connectivity index (χ3n) is 2.50. The van der Waals surface area contributed by atoms with Gasteiger partial charge >= 0.3 is 0 Å². The van der Waals surface area contributed by atoms with Crippen LogP contribution in [0, 0.1) is 21.8 Å². The summed E-state index contributed by atoms with van der Waals surface area (Å²) in [6, 6.07) is 5.82. The Morgan fingerprint density at radius 1 is 1.50 bits per heavy atom. The van der Waals surface area contributed by atoms with E-state index in [0.29, 0.717) is 6.29 Å². The predicted octanol–water partition coefficient (Wildman–Crippen LogP) is 2.02. The van der Waals surface area contributed by atoms with Crippen LogP contribution < -0.4 is 0 Å². The van der Waals surface area contributed by atoms with Gasteiger partial charge in [0, 0.05) is 10.8 Å². The fourth-order valence-corrected chi connectivity index (χ4v) is 1.58. The van der Waals surface area contributed by atoms with Gasteiger partial charge in [-0.2, -0.15) is 0 Å². The molecule has 86 valence electrons. The highest BCUT2D eigenvalue weighted by molar-refractivity contribution is 5.55. The summed E-state index contributed by atoms with van der Waals surface area (Å²) in [6.07, 6.45) is 0.612. The van der Waals surface area contributed by atoms with Gasteiger partial charge in [0.05, 0.1) is 5.92 Å². The second-order valence-corrected chi connectivity index (χ2v) is 3.64. The number of aldehydes is 1. The Morgan fingerprint density at radius 2 is 2.12 bits per heavy atom. The molecule has 0 spiro atoms. The minimum absolute atomic E-state index is 0.221. The molecule has 1 rings (SSSR count). The van der Waals surface area contributed by atoms with Crippen LogP contribution in [0.5, 0.6) is 0 Å². The monoisotopic (exact) mass is 225 g/mol. The van der Waals surface area contributed by atoms with E-state index in [1.54, 1.807) is 13.0 Å². The first-order valence-corrected chi connectivity index (χ1v) is 4.87. The van der Waals surface area contributed by atoms with Crippen LogP contribution in [0.4, 0.5) is 4.39 Å². The van der Waals surface area contributed by atoms with Gasteiger partial charge in [-0.15, -0.1) is 0 Å². The largest absolute Gasteiger partial charge is 0.303 e. The van der Waals surface area contributed by atoms with Crippen molar-refractivity contribution < 1.29 is 14.1 Å². The van der Waals surface area contributed by atoms with Crippen molar-refractivity contribution in [1.82, 2.24) is 0 Å². The Labute approximate surface area is 92.2 Å². The molecular weight excluding hydrogens is 213 g/mol. The van der Waals surface area contributed by atoms with Crippen LogP contribution in [0.1, 0.15) is 18.4 Å². The lowest BCUT2D eigenvalue weighted by Gasteiger charge is -2.16. The number of nitro groups is 1. The number of hydrogen-bond donors (Lipinski definition) is 0. The number of nitrogens with zero attached hydrogens (tertiary/aromatic N) is 1. The fraction of sp³-hybridized carbons (Fsp3) is 0.364. The van der Waals surface area contributed by atoms with Crippen LogP contribution in [0.15, 0.2) is 24.3 Å². The zero-order valence-corrected chi connectivity index (χ0v) is 8.80. The van der Waals surface area contributed by atoms with Gasteiger partial charge < -0.3 is 4.79 Å². The summed E-state index contributed by atoms with van der Waals surface area (Å²) in [5.41, 5.74) is 0.221. The highest BCUT2D eigenvalue weighted by atomic mass is 19.1. The summed E-state index contributed by atoms with van der Waals surface area (Å²) in [6.45, 7) is 1.11. The number of carbonyl (C=O) groups excluding carboxylic acids is 1. The second-order valence-electron chi connectivity index (χ2n) is 3.64. The fourth-order valence-electron chi connectivity index (χ4n) is 1.58. The van der Waals surface area contributed by atoms with Crippen LogP contribution in [-0.4, -0.2) is 17.8 Å². The molecule has 2 atom stereocenters. The molecule has 0 bridgehead atoms. The lowest BCUT2D eigenvalue weighted by Crippen LogP contribution is -2.21. The molecule has 0 aromatic heterocycles. The Balaban J connectivity index is 3.05. The minimum atomic E-state index is -0.714. The third kappa shape index (κ3) is 2.85. The van der Waals surface area contributed by atoms with Crippen molar-refractivity contribution in [3.8, 4) is 0 Å². The number of halogens is 1. The Hall–Kier alpha value is -1.78. The van der Waals surface area contributed by atoms with E-state index in [1.165, 1.54) is 18.2 Å². The maximum Gasteiger partial charge on any atom is 0.211 e. The first-order chi connectivity index (χ1) is 7.56. The van der Waals surface area contributed by atoms with Crippen molar-refractivity contribution in [2.24, 2.45) is 5.92 Å². The van der Waals surface area contributed by atoms with Gasteiger partial charge in [-0.3, -0.25) is 10.1 Å². The summed E-state index contributed by atoms with van der Waals surface area (Å²) < 4.78 is 13.4. The van der Waals surface area contributed by atoms with E-state index >= 15 is 0 Å². The first-order valence-electron chi connectivity index (χ1n) is 4.87. The molecule has 0 aliphatic carbocycles. The molecule has 0 fully saturated rings. The molecule has 1 aromatic rings. The standard InChI is InChI=1S/C11H12FNO3/c1-8(7-14)10(6-13(15)16)9-4-2-3-5-11(9)12/h2-5,7-8,10H,6H2,1H3/t8-,10+/m1/s1. The second kappa shape index (κ2) is 5.34. The van der Waals surface area contributed by atoms with Crippen molar-refractivity contribution >= 4 is 6.29 Å². The van der Waals surface area contributed by atoms with Crippen molar-refractivity contribution in [1.29, 1.82) is 0 Å². The van der Waals surface area contributed by atoms with Crippen LogP contribution in [-0.2, 0) is 4.79 Å². The van der Waals surface area contributed by atoms with E-state index < -0.39 is 29.1 Å². The van der Waals surface area contributed by atoms with Crippen LogP contribution in [0.2, 0.25) is 0 Å². The summed E-state index contributed by atoms with van der Waals surface area (Å²) >= 11 is 0. The lowest BCUT2D eigenvalue weighted by molar-refractivity contribution is -0.484. The average molecular weight is 225 g/mol. The highest BCUT2D eigenvalue weighted by Crippen LogP contribution is 2.25. The zero-order chi connectivity index (χ0) is 12.1. The summed E-state index contributed by atoms with van der Waals surface area (Å²) in [5, 5.41) is 10.5. The van der Waals surface area contributed by atoms with E-state index in [2.05, 4.69) is 0 Å². The van der Waals surface area contributed by atoms with Gasteiger partial charge in [0.1, 0.15) is 12.1 Å². The minimum Gasteiger partial charge on any atom is -0.303 e. The smallest absolute Gasteiger partial charge is 0.211 e. The van der Waals surface area contributed by atoms with Gasteiger partial charge in [-0.1, -0.05) is 25.1 Å². The lowest BCUT2D eigenvalue weighted by atomic mass is 9.88. The first kappa shape index (κ1) is 12.3. The molecule has 1 aromatic carbocycles. The molecule has 0 amide bonds. The summed E-state index contributed by atoms with van der Waals surface area (Å²) in [5.74, 6) is -1.81. The van der Waals surface area contributed by atoms with Crippen LogP contribution >= 0.6 is 0 Å². The van der Waals surface area contributed by atoms with E-state index in [4.69, 9.17) is 0 Å². The molecule has 0 aliphatic rings. The molecule has 4 nitrogen and oxygen atoms in total. The van der Waals surface area contributed by atoms with Crippen LogP contribution in [0.25, 0.3) is 0 Å². The quantitative estimate of drug-likeness (QED) is 0.437. The summed E-state index contributed by atoms with van der Waals surface area (Å²) in [7, 11) is 0. The Kier molecular flexibility index (Phi) is 4.10. The van der Waals surface area contributed by atoms with Crippen molar-refractivity contribution in [2.75, 3.05) is 6.54 Å². The van der Waals surface area contributed by atoms with Crippen molar-refractivity contribution in [3.63, 3.8) is 0 Å². The van der Waals surface area contributed by atoms with Gasteiger partial charge in [0.2, 0.25) is 6.54 Å². The zero-order valence-electron chi connectivity index (χ0n) is 8.80. The van der Waals surface area contributed by atoms with E-state index in [0.717, 1.165) is 0 Å². The van der Waals surface area contributed by atoms with Gasteiger partial charge in [0.15, 0.2) is 0 Å². The molecular formula is C11H12FNO3. The molecule has 0 unspecified atom stereocenters. The molecule has 0 aliphatic heterocycles. The van der Waals surface area contributed by atoms with E-state index in [9.17, 15) is 19.3 Å². The number of rotatable bonds is 5. The number of hydrogen-bond acceptors (Lipinski definition) is 3. The number of carbonyl (C=O) groups is 1. The van der Waals surface area contributed by atoms with Gasteiger partial charge in [-0.05, 0) is 11.6 Å². The molecule has 0 radical (unpaired) electrons. The predicted molar refractivity (Wildman–Crippen MR) is 56.2 cm³/mol. The maximum atomic E-state index is 13.4. The molecule has 0 N–H and O–H groups in total. The SMILES string of the molecule is C[C@H](C=O)[C@H](C[N+](=O)[O-])c1ccccc1F.